The molecule has 3 rings (SSSR count). The molecule has 1 aliphatic carbocycles. The summed E-state index contributed by atoms with van der Waals surface area (Å²) in [6.07, 6.45) is 5.37. The maximum absolute atomic E-state index is 12.7. The Morgan fingerprint density at radius 3 is 2.54 bits per heavy atom. The zero-order chi connectivity index (χ0) is 20.2. The molecule has 1 aromatic carbocycles. The topological polar surface area (TPSA) is 107 Å². The van der Waals surface area contributed by atoms with Crippen molar-refractivity contribution in [1.82, 2.24) is 14.5 Å². The largest absolute Gasteiger partial charge is 0.465 e. The number of nitrogens with one attached hydrogen (secondary N) is 1. The predicted molar refractivity (Wildman–Crippen MR) is 101 cm³/mol. The second-order valence-electron chi connectivity index (χ2n) is 6.83. The van der Waals surface area contributed by atoms with Gasteiger partial charge in [-0.05, 0) is 62.9 Å². The number of carbonyl (C=O) groups excluding carboxylic acids is 2. The number of nitrogens with zero attached hydrogens (tertiary/aromatic N) is 2. The van der Waals surface area contributed by atoms with Crippen LogP contribution in [0.2, 0.25) is 0 Å². The van der Waals surface area contributed by atoms with Gasteiger partial charge < -0.3 is 9.53 Å². The van der Waals surface area contributed by atoms with Crippen molar-refractivity contribution in [3.05, 3.63) is 42.7 Å². The van der Waals surface area contributed by atoms with E-state index in [0.29, 0.717) is 19.1 Å². The van der Waals surface area contributed by atoms with E-state index in [1.54, 1.807) is 42.2 Å². The zero-order valence-electron chi connectivity index (χ0n) is 15.6. The first-order valence-corrected chi connectivity index (χ1v) is 10.6. The first-order valence-electron chi connectivity index (χ1n) is 9.16. The van der Waals surface area contributed by atoms with Crippen molar-refractivity contribution in [3.8, 4) is 5.69 Å². The van der Waals surface area contributed by atoms with Crippen LogP contribution in [-0.4, -0.2) is 43.1 Å². The molecular formula is C19H23N3O5S. The minimum absolute atomic E-state index is 0.154. The summed E-state index contributed by atoms with van der Waals surface area (Å²) in [6.45, 7) is 1.90. The standard InChI is InChI=1S/C19H23N3O5S/c1-2-27-18(24)19(14-23)10-8-15(9-11-19)21-28(25,26)17-6-4-16(5-7-17)22-13-3-12-20-22/h3-7,12-15,21H,2,8-11H2,1H3. The highest BCUT2D eigenvalue weighted by atomic mass is 32.2. The molecule has 0 unspecified atom stereocenters. The van der Waals surface area contributed by atoms with E-state index in [-0.39, 0.29) is 30.4 Å². The summed E-state index contributed by atoms with van der Waals surface area (Å²) >= 11 is 0. The first kappa shape index (κ1) is 20.2. The van der Waals surface area contributed by atoms with Gasteiger partial charge in [0.05, 0.1) is 17.2 Å². The Labute approximate surface area is 163 Å². The normalized spacial score (nSPS) is 22.5. The molecule has 1 fully saturated rings. The Bertz CT molecular complexity index is 915. The highest BCUT2D eigenvalue weighted by Crippen LogP contribution is 2.36. The van der Waals surface area contributed by atoms with Gasteiger partial charge in [0.1, 0.15) is 11.7 Å². The van der Waals surface area contributed by atoms with Gasteiger partial charge in [-0.2, -0.15) is 5.10 Å². The number of aldehydes is 1. The molecular weight excluding hydrogens is 382 g/mol. The first-order chi connectivity index (χ1) is 13.4. The number of rotatable bonds is 7. The lowest BCUT2D eigenvalue weighted by molar-refractivity contribution is -0.159. The molecule has 1 N–H and O–H groups in total. The van der Waals surface area contributed by atoms with Gasteiger partial charge in [-0.3, -0.25) is 4.79 Å². The molecule has 1 aliphatic rings. The Hall–Kier alpha value is -2.52. The third-order valence-electron chi connectivity index (χ3n) is 5.02. The number of aromatic nitrogens is 2. The number of esters is 1. The highest BCUT2D eigenvalue weighted by Gasteiger charge is 2.43. The summed E-state index contributed by atoms with van der Waals surface area (Å²) in [6, 6.07) is 7.86. The summed E-state index contributed by atoms with van der Waals surface area (Å²) in [5.74, 6) is -0.527. The van der Waals surface area contributed by atoms with Crippen molar-refractivity contribution in [3.63, 3.8) is 0 Å². The second-order valence-corrected chi connectivity index (χ2v) is 8.55. The molecule has 1 heterocycles. The SMILES string of the molecule is CCOC(=O)C1(C=O)CCC(NS(=O)(=O)c2ccc(-n3cccn3)cc2)CC1. The van der Waals surface area contributed by atoms with Crippen molar-refractivity contribution in [2.24, 2.45) is 5.41 Å². The average Bonchev–Trinajstić information content (AvgIpc) is 3.24. The van der Waals surface area contributed by atoms with Crippen LogP contribution in [-0.2, 0) is 24.3 Å². The van der Waals surface area contributed by atoms with Crippen molar-refractivity contribution < 1.29 is 22.7 Å². The number of ether oxygens (including phenoxy) is 1. The van der Waals surface area contributed by atoms with Crippen LogP contribution in [0.25, 0.3) is 5.69 Å². The van der Waals surface area contributed by atoms with Crippen LogP contribution < -0.4 is 4.72 Å². The van der Waals surface area contributed by atoms with Gasteiger partial charge in [0.25, 0.3) is 0 Å². The van der Waals surface area contributed by atoms with E-state index in [4.69, 9.17) is 4.74 Å². The molecule has 0 aliphatic heterocycles. The number of carbonyl (C=O) groups is 2. The molecule has 2 aromatic rings. The molecule has 28 heavy (non-hydrogen) atoms. The van der Waals surface area contributed by atoms with E-state index in [1.807, 2.05) is 0 Å². The monoisotopic (exact) mass is 405 g/mol. The molecule has 1 aromatic heterocycles. The second kappa shape index (κ2) is 8.24. The predicted octanol–water partition coefficient (Wildman–Crippen LogP) is 1.84. The van der Waals surface area contributed by atoms with E-state index in [1.165, 1.54) is 12.1 Å². The van der Waals surface area contributed by atoms with Gasteiger partial charge in [0.2, 0.25) is 10.0 Å². The number of hydrogen-bond donors (Lipinski definition) is 1. The molecule has 0 radical (unpaired) electrons. The molecule has 0 saturated heterocycles. The van der Waals surface area contributed by atoms with Gasteiger partial charge in [-0.1, -0.05) is 0 Å². The molecule has 9 heteroatoms. The molecule has 0 atom stereocenters. The molecule has 1 saturated carbocycles. The Morgan fingerprint density at radius 1 is 1.32 bits per heavy atom. The number of hydrogen-bond acceptors (Lipinski definition) is 6. The summed E-state index contributed by atoms with van der Waals surface area (Å²) in [4.78, 5) is 23.7. The summed E-state index contributed by atoms with van der Waals surface area (Å²) in [5, 5.41) is 4.11. The van der Waals surface area contributed by atoms with Gasteiger partial charge in [-0.15, -0.1) is 0 Å². The lowest BCUT2D eigenvalue weighted by Crippen LogP contribution is -2.44. The van der Waals surface area contributed by atoms with Crippen LogP contribution in [0.1, 0.15) is 32.6 Å². The molecule has 0 amide bonds. The number of sulfonamides is 1. The minimum atomic E-state index is -3.70. The van der Waals surface area contributed by atoms with Crippen molar-refractivity contribution in [2.75, 3.05) is 6.61 Å². The van der Waals surface area contributed by atoms with Crippen LogP contribution in [0.3, 0.4) is 0 Å². The molecule has 8 nitrogen and oxygen atoms in total. The highest BCUT2D eigenvalue weighted by molar-refractivity contribution is 7.89. The fraction of sp³-hybridized carbons (Fsp3) is 0.421. The van der Waals surface area contributed by atoms with E-state index >= 15 is 0 Å². The Balaban J connectivity index is 1.65. The smallest absolute Gasteiger partial charge is 0.319 e. The fourth-order valence-electron chi connectivity index (χ4n) is 3.38. The van der Waals surface area contributed by atoms with Gasteiger partial charge in [-0.25, -0.2) is 17.8 Å². The van der Waals surface area contributed by atoms with Crippen LogP contribution >= 0.6 is 0 Å². The summed E-state index contributed by atoms with van der Waals surface area (Å²) in [7, 11) is -3.70. The summed E-state index contributed by atoms with van der Waals surface area (Å²) in [5.41, 5.74) is -0.407. The minimum Gasteiger partial charge on any atom is -0.465 e. The van der Waals surface area contributed by atoms with Crippen LogP contribution in [0, 0.1) is 5.41 Å². The van der Waals surface area contributed by atoms with Crippen LogP contribution in [0.15, 0.2) is 47.6 Å². The van der Waals surface area contributed by atoms with E-state index in [2.05, 4.69) is 9.82 Å². The van der Waals surface area contributed by atoms with E-state index in [9.17, 15) is 18.0 Å². The molecule has 0 bridgehead atoms. The summed E-state index contributed by atoms with van der Waals surface area (Å²) < 4.78 is 34.7. The van der Waals surface area contributed by atoms with Gasteiger partial charge in [0, 0.05) is 18.4 Å². The molecule has 150 valence electrons. The Morgan fingerprint density at radius 2 is 2.00 bits per heavy atom. The van der Waals surface area contributed by atoms with Gasteiger partial charge in [0.15, 0.2) is 0 Å². The van der Waals surface area contributed by atoms with Crippen LogP contribution in [0.5, 0.6) is 0 Å². The van der Waals surface area contributed by atoms with E-state index in [0.717, 1.165) is 5.69 Å². The lowest BCUT2D eigenvalue weighted by Gasteiger charge is -2.34. The number of benzene rings is 1. The van der Waals surface area contributed by atoms with Crippen molar-refractivity contribution in [1.29, 1.82) is 0 Å². The quantitative estimate of drug-likeness (QED) is 0.428. The third-order valence-corrected chi connectivity index (χ3v) is 6.56. The maximum atomic E-state index is 12.7. The molecule has 0 spiro atoms. The van der Waals surface area contributed by atoms with Gasteiger partial charge >= 0.3 is 5.97 Å². The zero-order valence-corrected chi connectivity index (χ0v) is 16.4. The van der Waals surface area contributed by atoms with Crippen LogP contribution in [0.4, 0.5) is 0 Å². The van der Waals surface area contributed by atoms with Crippen molar-refractivity contribution in [2.45, 2.75) is 43.5 Å². The van der Waals surface area contributed by atoms with E-state index < -0.39 is 21.4 Å². The maximum Gasteiger partial charge on any atom is 0.319 e. The fourth-order valence-corrected chi connectivity index (χ4v) is 4.69. The Kier molecular flexibility index (Phi) is 5.95. The van der Waals surface area contributed by atoms with Crippen molar-refractivity contribution >= 4 is 22.3 Å². The average molecular weight is 405 g/mol. The third kappa shape index (κ3) is 4.15. The lowest BCUT2D eigenvalue weighted by atomic mass is 9.74.